The number of nitriles is 1. The van der Waals surface area contributed by atoms with Crippen molar-refractivity contribution >= 4 is 21.9 Å². The fourth-order valence-corrected chi connectivity index (χ4v) is 3.56. The van der Waals surface area contributed by atoms with Gasteiger partial charge in [0.05, 0.1) is 23.3 Å². The van der Waals surface area contributed by atoms with Crippen LogP contribution in [0.15, 0.2) is 30.9 Å². The molecule has 0 unspecified atom stereocenters. The van der Waals surface area contributed by atoms with Crippen LogP contribution in [-0.4, -0.2) is 43.9 Å². The van der Waals surface area contributed by atoms with Gasteiger partial charge in [0.15, 0.2) is 11.4 Å². The smallest absolute Gasteiger partial charge is 0.183 e. The van der Waals surface area contributed by atoms with Crippen molar-refractivity contribution in [2.24, 2.45) is 7.05 Å². The molecular weight excluding hydrogens is 342 g/mol. The highest BCUT2D eigenvalue weighted by Crippen LogP contribution is 2.36. The zero-order valence-electron chi connectivity index (χ0n) is 14.7. The van der Waals surface area contributed by atoms with E-state index in [2.05, 4.69) is 37.5 Å². The number of aryl methyl sites for hydroxylation is 1. The molecule has 0 bridgehead atoms. The lowest BCUT2D eigenvalue weighted by Gasteiger charge is -2.14. The Labute approximate surface area is 154 Å². The Morgan fingerprint density at radius 3 is 2.93 bits per heavy atom. The molecule has 0 amide bonds. The fraction of sp³-hybridized carbons (Fsp3) is 0.263. The third-order valence-corrected chi connectivity index (χ3v) is 4.89. The number of rotatable bonds is 3. The van der Waals surface area contributed by atoms with Gasteiger partial charge in [-0.2, -0.15) is 10.4 Å². The van der Waals surface area contributed by atoms with Crippen molar-refractivity contribution in [1.29, 1.82) is 5.26 Å². The van der Waals surface area contributed by atoms with Crippen molar-refractivity contribution in [3.63, 3.8) is 0 Å². The van der Waals surface area contributed by atoms with Gasteiger partial charge in [-0.3, -0.25) is 4.68 Å². The third kappa shape index (κ3) is 2.60. The molecule has 8 nitrogen and oxygen atoms in total. The van der Waals surface area contributed by atoms with E-state index in [0.29, 0.717) is 11.4 Å². The number of hydrogen-bond donors (Lipinski definition) is 2. The zero-order valence-corrected chi connectivity index (χ0v) is 14.7. The third-order valence-electron chi connectivity index (χ3n) is 4.89. The lowest BCUT2D eigenvalue weighted by atomic mass is 10.1. The van der Waals surface area contributed by atoms with Gasteiger partial charge in [0.25, 0.3) is 0 Å². The quantitative estimate of drug-likeness (QED) is 0.581. The van der Waals surface area contributed by atoms with E-state index in [1.807, 2.05) is 25.6 Å². The molecule has 5 rings (SSSR count). The van der Waals surface area contributed by atoms with Gasteiger partial charge >= 0.3 is 0 Å². The zero-order chi connectivity index (χ0) is 18.4. The summed E-state index contributed by atoms with van der Waals surface area (Å²) in [7, 11) is 1.88. The Balaban J connectivity index is 1.74. The summed E-state index contributed by atoms with van der Waals surface area (Å²) in [6, 6.07) is 4.22. The van der Waals surface area contributed by atoms with Crippen molar-refractivity contribution in [3.05, 3.63) is 36.5 Å². The highest BCUT2D eigenvalue weighted by molar-refractivity contribution is 6.10. The number of nitrogens with one attached hydrogen (secondary N) is 2. The maximum absolute atomic E-state index is 9.55. The SMILES string of the molecule is Cn1cc(-c2cnc3[nH]c4cnc(C#N)c(O[C@@H]5CCNC5)c4c3c2)cn1. The van der Waals surface area contributed by atoms with Crippen LogP contribution in [0.2, 0.25) is 0 Å². The molecule has 1 saturated heterocycles. The van der Waals surface area contributed by atoms with Crippen LogP contribution in [0, 0.1) is 11.3 Å². The van der Waals surface area contributed by atoms with Crippen molar-refractivity contribution < 1.29 is 4.74 Å². The summed E-state index contributed by atoms with van der Waals surface area (Å²) in [5, 5.41) is 18.8. The number of hydrogen-bond acceptors (Lipinski definition) is 6. The highest BCUT2D eigenvalue weighted by atomic mass is 16.5. The average Bonchev–Trinajstić information content (AvgIpc) is 3.41. The molecule has 1 atom stereocenters. The van der Waals surface area contributed by atoms with Crippen LogP contribution < -0.4 is 10.1 Å². The van der Waals surface area contributed by atoms with Crippen LogP contribution in [0.4, 0.5) is 0 Å². The molecule has 0 saturated carbocycles. The van der Waals surface area contributed by atoms with Crippen LogP contribution in [0.5, 0.6) is 5.75 Å². The Kier molecular flexibility index (Phi) is 3.55. The lowest BCUT2D eigenvalue weighted by Crippen LogP contribution is -2.20. The average molecular weight is 359 g/mol. The second kappa shape index (κ2) is 6.07. The summed E-state index contributed by atoms with van der Waals surface area (Å²) in [5.74, 6) is 0.528. The van der Waals surface area contributed by atoms with Crippen LogP contribution in [0.1, 0.15) is 12.1 Å². The molecule has 4 aromatic rings. The first kappa shape index (κ1) is 15.8. The molecule has 2 N–H and O–H groups in total. The second-order valence-electron chi connectivity index (χ2n) is 6.72. The van der Waals surface area contributed by atoms with Gasteiger partial charge in [-0.1, -0.05) is 0 Å². The lowest BCUT2D eigenvalue weighted by molar-refractivity contribution is 0.224. The Morgan fingerprint density at radius 2 is 2.19 bits per heavy atom. The first-order valence-corrected chi connectivity index (χ1v) is 8.80. The molecule has 1 aliphatic rings. The predicted molar refractivity (Wildman–Crippen MR) is 100 cm³/mol. The van der Waals surface area contributed by atoms with Crippen molar-refractivity contribution in [2.75, 3.05) is 13.1 Å². The maximum atomic E-state index is 9.55. The minimum absolute atomic E-state index is 0.0314. The van der Waals surface area contributed by atoms with E-state index in [-0.39, 0.29) is 6.10 Å². The first-order valence-electron chi connectivity index (χ1n) is 8.80. The molecule has 8 heteroatoms. The highest BCUT2D eigenvalue weighted by Gasteiger charge is 2.22. The van der Waals surface area contributed by atoms with Gasteiger partial charge in [-0.15, -0.1) is 0 Å². The maximum Gasteiger partial charge on any atom is 0.183 e. The van der Waals surface area contributed by atoms with E-state index in [1.54, 1.807) is 10.9 Å². The van der Waals surface area contributed by atoms with Crippen LogP contribution in [-0.2, 0) is 7.05 Å². The van der Waals surface area contributed by atoms with Gasteiger partial charge < -0.3 is 15.0 Å². The molecule has 27 heavy (non-hydrogen) atoms. The Morgan fingerprint density at radius 1 is 1.26 bits per heavy atom. The molecule has 4 aromatic heterocycles. The molecule has 0 aliphatic carbocycles. The van der Waals surface area contributed by atoms with E-state index >= 15 is 0 Å². The number of pyridine rings is 2. The summed E-state index contributed by atoms with van der Waals surface area (Å²) in [5.41, 5.74) is 3.78. The van der Waals surface area contributed by atoms with Crippen molar-refractivity contribution in [3.8, 4) is 22.9 Å². The largest absolute Gasteiger partial charge is 0.485 e. The number of aromatic amines is 1. The predicted octanol–water partition coefficient (Wildman–Crippen LogP) is 2.12. The van der Waals surface area contributed by atoms with E-state index in [4.69, 9.17) is 4.74 Å². The Bertz CT molecular complexity index is 1190. The van der Waals surface area contributed by atoms with E-state index in [1.165, 1.54) is 0 Å². The van der Waals surface area contributed by atoms with Crippen LogP contribution >= 0.6 is 0 Å². The van der Waals surface area contributed by atoms with Crippen LogP contribution in [0.25, 0.3) is 33.1 Å². The number of ether oxygens (including phenoxy) is 1. The number of fused-ring (bicyclic) bond motifs is 3. The molecule has 1 fully saturated rings. The molecular formula is C19H17N7O. The van der Waals surface area contributed by atoms with Crippen molar-refractivity contribution in [1.82, 2.24) is 30.0 Å². The summed E-state index contributed by atoms with van der Waals surface area (Å²) in [6.07, 6.45) is 8.17. The molecule has 5 heterocycles. The normalized spacial score (nSPS) is 16.8. The summed E-state index contributed by atoms with van der Waals surface area (Å²) in [4.78, 5) is 12.1. The van der Waals surface area contributed by atoms with Gasteiger partial charge in [-0.25, -0.2) is 9.97 Å². The Hall–Kier alpha value is -3.44. The summed E-state index contributed by atoms with van der Waals surface area (Å²) in [6.45, 7) is 1.68. The summed E-state index contributed by atoms with van der Waals surface area (Å²) < 4.78 is 7.97. The standard InChI is InChI=1S/C19H17N7O/c1-26-10-12(7-24-26)11-4-14-17-16(25-19(14)23-6-11)9-22-15(5-20)18(17)27-13-2-3-21-8-13/h4,6-7,9-10,13,21H,2-3,8H2,1H3,(H,23,25)/t13-/m1/s1. The number of nitrogens with zero attached hydrogens (tertiary/aromatic N) is 5. The number of H-pyrrole nitrogens is 1. The minimum Gasteiger partial charge on any atom is -0.485 e. The molecule has 0 spiro atoms. The van der Waals surface area contributed by atoms with Crippen LogP contribution in [0.3, 0.4) is 0 Å². The monoisotopic (exact) mass is 359 g/mol. The molecule has 134 valence electrons. The fourth-order valence-electron chi connectivity index (χ4n) is 3.56. The first-order chi connectivity index (χ1) is 13.2. The van der Waals surface area contributed by atoms with E-state index in [9.17, 15) is 5.26 Å². The minimum atomic E-state index is 0.0314. The van der Waals surface area contributed by atoms with E-state index in [0.717, 1.165) is 52.6 Å². The molecule has 0 aromatic carbocycles. The van der Waals surface area contributed by atoms with Gasteiger partial charge in [0.2, 0.25) is 0 Å². The van der Waals surface area contributed by atoms with Gasteiger partial charge in [-0.05, 0) is 19.0 Å². The van der Waals surface area contributed by atoms with Gasteiger partial charge in [0.1, 0.15) is 17.8 Å². The molecule has 0 radical (unpaired) electrons. The van der Waals surface area contributed by atoms with Gasteiger partial charge in [0, 0.05) is 42.5 Å². The van der Waals surface area contributed by atoms with Crippen molar-refractivity contribution in [2.45, 2.75) is 12.5 Å². The van der Waals surface area contributed by atoms with E-state index < -0.39 is 0 Å². The summed E-state index contributed by atoms with van der Waals surface area (Å²) >= 11 is 0. The number of aromatic nitrogens is 5. The molecule has 1 aliphatic heterocycles. The topological polar surface area (TPSA) is 104 Å². The second-order valence-corrected chi connectivity index (χ2v) is 6.72.